The van der Waals surface area contributed by atoms with Crippen LogP contribution in [0.2, 0.25) is 0 Å². The molecule has 6 aromatic carbocycles. The Morgan fingerprint density at radius 1 is 0.565 bits per heavy atom. The van der Waals surface area contributed by atoms with Crippen molar-refractivity contribution in [2.75, 3.05) is 0 Å². The van der Waals surface area contributed by atoms with Gasteiger partial charge in [-0.25, -0.2) is 0 Å². The minimum Gasteiger partial charge on any atom is -0.307 e. The lowest BCUT2D eigenvalue weighted by atomic mass is 9.98. The summed E-state index contributed by atoms with van der Waals surface area (Å²) >= 11 is 0. The van der Waals surface area contributed by atoms with Crippen LogP contribution in [0.1, 0.15) is 22.3 Å². The van der Waals surface area contributed by atoms with Gasteiger partial charge in [-0.05, 0) is 84.6 Å². The van der Waals surface area contributed by atoms with Crippen molar-refractivity contribution in [2.45, 2.75) is 20.0 Å². The average Bonchev–Trinajstić information content (AvgIpc) is 3.58. The largest absolute Gasteiger partial charge is 0.418 e. The second-order valence-electron chi connectivity index (χ2n) is 11.7. The molecule has 6 heteroatoms. The van der Waals surface area contributed by atoms with Crippen molar-refractivity contribution in [3.8, 4) is 28.6 Å². The Balaban J connectivity index is 1.64. The van der Waals surface area contributed by atoms with E-state index in [1.54, 1.807) is 28.8 Å². The number of aromatic nitrogens is 2. The first kappa shape index (κ1) is 27.7. The first-order chi connectivity index (χ1) is 22.3. The number of benzene rings is 6. The van der Waals surface area contributed by atoms with Gasteiger partial charge in [0.15, 0.2) is 0 Å². The molecule has 0 unspecified atom stereocenters. The average molecular weight is 606 g/mol. The van der Waals surface area contributed by atoms with Crippen molar-refractivity contribution >= 4 is 43.6 Å². The molecule has 0 atom stereocenters. The smallest absolute Gasteiger partial charge is 0.307 e. The van der Waals surface area contributed by atoms with Gasteiger partial charge in [-0.3, -0.25) is 0 Å². The lowest BCUT2D eigenvalue weighted by Gasteiger charge is -2.23. The number of fused-ring (bicyclic) bond motifs is 6. The van der Waals surface area contributed by atoms with Gasteiger partial charge in [-0.2, -0.15) is 18.4 Å². The van der Waals surface area contributed by atoms with Gasteiger partial charge in [-0.15, -0.1) is 0 Å². The van der Waals surface area contributed by atoms with Gasteiger partial charge in [0, 0.05) is 21.5 Å². The van der Waals surface area contributed by atoms with Crippen LogP contribution in [0.25, 0.3) is 66.1 Å². The molecule has 46 heavy (non-hydrogen) atoms. The molecular weight excluding hydrogens is 579 g/mol. The molecular formula is C40H26F3N3. The zero-order chi connectivity index (χ0) is 31.7. The monoisotopic (exact) mass is 605 g/mol. The van der Waals surface area contributed by atoms with Crippen LogP contribution in [0.5, 0.6) is 0 Å². The number of halogens is 3. The lowest BCUT2D eigenvalue weighted by Crippen LogP contribution is -2.15. The van der Waals surface area contributed by atoms with E-state index >= 15 is 13.2 Å². The van der Waals surface area contributed by atoms with Crippen LogP contribution in [0.4, 0.5) is 13.2 Å². The molecule has 0 aliphatic carbocycles. The third-order valence-corrected chi connectivity index (χ3v) is 9.00. The minimum atomic E-state index is -4.71. The molecule has 0 radical (unpaired) electrons. The SMILES string of the molecule is Cc1cccc2c1c1ccccc1n2-c1cc(-c2cccc(C#N)c2)cc(C(F)(F)F)c1-n1c2ccccc2c2c(C)cccc21. The van der Waals surface area contributed by atoms with Gasteiger partial charge in [-0.1, -0.05) is 72.8 Å². The standard InChI is InChI=1S/C40H26F3N3/c1-24-10-7-18-34-37(24)29-14-3-5-16-32(29)45(34)36-22-28(27-13-9-12-26(20-27)23-44)21-31(40(41,42)43)39(36)46-33-17-6-4-15-30(33)38-25(2)11-8-19-35(38)46/h3-22H,1-2H3. The molecule has 0 aliphatic heterocycles. The van der Waals surface area contributed by atoms with Crippen molar-refractivity contribution < 1.29 is 13.2 Å². The molecule has 0 N–H and O–H groups in total. The topological polar surface area (TPSA) is 33.6 Å². The lowest BCUT2D eigenvalue weighted by molar-refractivity contribution is -0.137. The van der Waals surface area contributed by atoms with Crippen LogP contribution in [-0.2, 0) is 6.18 Å². The second kappa shape index (κ2) is 10.1. The molecule has 8 aromatic rings. The van der Waals surface area contributed by atoms with Gasteiger partial charge in [0.05, 0.1) is 50.6 Å². The fourth-order valence-electron chi connectivity index (χ4n) is 7.07. The molecule has 0 fully saturated rings. The molecule has 2 heterocycles. The number of hydrogen-bond acceptors (Lipinski definition) is 1. The molecule has 0 amide bonds. The van der Waals surface area contributed by atoms with Crippen LogP contribution in [0.15, 0.2) is 121 Å². The van der Waals surface area contributed by atoms with E-state index in [2.05, 4.69) is 6.07 Å². The number of nitriles is 1. The van der Waals surface area contributed by atoms with Crippen molar-refractivity contribution in [3.63, 3.8) is 0 Å². The van der Waals surface area contributed by atoms with Crippen LogP contribution in [0.3, 0.4) is 0 Å². The van der Waals surface area contributed by atoms with E-state index in [1.807, 2.05) is 109 Å². The predicted molar refractivity (Wildman–Crippen MR) is 180 cm³/mol. The number of rotatable bonds is 3. The summed E-state index contributed by atoms with van der Waals surface area (Å²) in [5.41, 5.74) is 6.01. The van der Waals surface area contributed by atoms with Crippen LogP contribution < -0.4 is 0 Å². The quantitative estimate of drug-likeness (QED) is 0.197. The van der Waals surface area contributed by atoms with E-state index in [-0.39, 0.29) is 5.69 Å². The Labute approximate surface area is 263 Å². The Hall–Kier alpha value is -5.80. The maximum absolute atomic E-state index is 15.6. The van der Waals surface area contributed by atoms with Gasteiger partial charge >= 0.3 is 6.18 Å². The van der Waals surface area contributed by atoms with E-state index in [9.17, 15) is 5.26 Å². The second-order valence-corrected chi connectivity index (χ2v) is 11.7. The molecule has 3 nitrogen and oxygen atoms in total. The normalized spacial score (nSPS) is 12.0. The predicted octanol–water partition coefficient (Wildman–Crippen LogP) is 11.1. The number of alkyl halides is 3. The van der Waals surface area contributed by atoms with Crippen molar-refractivity contribution in [3.05, 3.63) is 144 Å². The van der Waals surface area contributed by atoms with Crippen molar-refractivity contribution in [1.29, 1.82) is 5.26 Å². The fraction of sp³-hybridized carbons (Fsp3) is 0.0750. The highest BCUT2D eigenvalue weighted by Gasteiger charge is 2.38. The molecule has 0 saturated carbocycles. The van der Waals surface area contributed by atoms with E-state index in [1.165, 1.54) is 6.07 Å². The van der Waals surface area contributed by atoms with E-state index < -0.39 is 11.7 Å². The molecule has 0 bridgehead atoms. The van der Waals surface area contributed by atoms with Gasteiger partial charge in [0.2, 0.25) is 0 Å². The summed E-state index contributed by atoms with van der Waals surface area (Å²) < 4.78 is 50.5. The summed E-state index contributed by atoms with van der Waals surface area (Å²) in [4.78, 5) is 0. The van der Waals surface area contributed by atoms with E-state index in [4.69, 9.17) is 0 Å². The first-order valence-corrected chi connectivity index (χ1v) is 15.0. The maximum atomic E-state index is 15.6. The third-order valence-electron chi connectivity index (χ3n) is 9.00. The number of hydrogen-bond donors (Lipinski definition) is 0. The van der Waals surface area contributed by atoms with Crippen LogP contribution in [0, 0.1) is 25.2 Å². The minimum absolute atomic E-state index is 0.0497. The molecule has 2 aromatic heterocycles. The number of para-hydroxylation sites is 2. The molecule has 222 valence electrons. The molecule has 8 rings (SSSR count). The first-order valence-electron chi connectivity index (χ1n) is 15.0. The zero-order valence-corrected chi connectivity index (χ0v) is 25.0. The number of nitrogens with zero attached hydrogens (tertiary/aromatic N) is 3. The number of aryl methyl sites for hydroxylation is 2. The van der Waals surface area contributed by atoms with E-state index in [0.29, 0.717) is 33.4 Å². The summed E-state index contributed by atoms with van der Waals surface area (Å²) in [6.45, 7) is 4.02. The third kappa shape index (κ3) is 4.05. The summed E-state index contributed by atoms with van der Waals surface area (Å²) in [6.07, 6.45) is -4.71. The summed E-state index contributed by atoms with van der Waals surface area (Å²) in [6, 6.07) is 39.2. The van der Waals surface area contributed by atoms with Gasteiger partial charge in [0.25, 0.3) is 0 Å². The Morgan fingerprint density at radius 2 is 1.11 bits per heavy atom. The van der Waals surface area contributed by atoms with Crippen LogP contribution >= 0.6 is 0 Å². The fourth-order valence-corrected chi connectivity index (χ4v) is 7.07. The molecule has 0 spiro atoms. The maximum Gasteiger partial charge on any atom is 0.418 e. The summed E-state index contributed by atoms with van der Waals surface area (Å²) in [5, 5.41) is 13.4. The summed E-state index contributed by atoms with van der Waals surface area (Å²) in [5.74, 6) is 0. The zero-order valence-electron chi connectivity index (χ0n) is 25.0. The van der Waals surface area contributed by atoms with Crippen molar-refractivity contribution in [1.82, 2.24) is 9.13 Å². The Morgan fingerprint density at radius 3 is 1.72 bits per heavy atom. The highest BCUT2D eigenvalue weighted by Crippen LogP contribution is 2.46. The van der Waals surface area contributed by atoms with Gasteiger partial charge < -0.3 is 9.13 Å². The highest BCUT2D eigenvalue weighted by atomic mass is 19.4. The van der Waals surface area contributed by atoms with Gasteiger partial charge in [0.1, 0.15) is 0 Å². The molecule has 0 aliphatic rings. The van der Waals surface area contributed by atoms with Crippen molar-refractivity contribution in [2.24, 2.45) is 0 Å². The van der Waals surface area contributed by atoms with E-state index in [0.717, 1.165) is 43.7 Å². The van der Waals surface area contributed by atoms with Crippen LogP contribution in [-0.4, -0.2) is 9.13 Å². The highest BCUT2D eigenvalue weighted by molar-refractivity contribution is 6.13. The Kier molecular flexibility index (Phi) is 6.10. The Bertz CT molecular complexity index is 2560. The molecule has 0 saturated heterocycles. The summed E-state index contributed by atoms with van der Waals surface area (Å²) in [7, 11) is 0.